The summed E-state index contributed by atoms with van der Waals surface area (Å²) in [5.74, 6) is 2.66. The number of hydrogen-bond donors (Lipinski definition) is 0. The summed E-state index contributed by atoms with van der Waals surface area (Å²) in [4.78, 5) is 7.26. The zero-order valence-electron chi connectivity index (χ0n) is 14.9. The molecule has 2 heterocycles. The third-order valence-electron chi connectivity index (χ3n) is 4.95. The quantitative estimate of drug-likeness (QED) is 0.681. The van der Waals surface area contributed by atoms with Crippen molar-refractivity contribution in [1.82, 2.24) is 4.90 Å². The Bertz CT molecular complexity index is 848. The number of nitrogens with zero attached hydrogens (tertiary/aromatic N) is 2. The molecule has 3 nitrogen and oxygen atoms in total. The van der Waals surface area contributed by atoms with E-state index in [0.717, 1.165) is 30.7 Å². The second-order valence-corrected chi connectivity index (χ2v) is 7.05. The Balaban J connectivity index is 1.48. The zero-order chi connectivity index (χ0) is 17.2. The van der Waals surface area contributed by atoms with E-state index >= 15 is 0 Å². The largest absolute Gasteiger partial charge is 0.461 e. The van der Waals surface area contributed by atoms with Gasteiger partial charge in [0.15, 0.2) is 0 Å². The van der Waals surface area contributed by atoms with Crippen LogP contribution >= 0.6 is 0 Å². The summed E-state index contributed by atoms with van der Waals surface area (Å²) in [5.41, 5.74) is 2.32. The van der Waals surface area contributed by atoms with Gasteiger partial charge in [-0.2, -0.15) is 0 Å². The average Bonchev–Trinajstić information content (AvgIpc) is 3.19. The number of likely N-dealkylation sites (tertiary alicyclic amines) is 1. The Labute approximate surface area is 149 Å². The van der Waals surface area contributed by atoms with E-state index in [4.69, 9.17) is 9.41 Å². The minimum atomic E-state index is 0.286. The van der Waals surface area contributed by atoms with Gasteiger partial charge in [-0.1, -0.05) is 48.5 Å². The molecule has 0 spiro atoms. The number of hydrogen-bond acceptors (Lipinski definition) is 2. The van der Waals surface area contributed by atoms with E-state index in [2.05, 4.69) is 67.4 Å². The number of benzene rings is 2. The molecular formula is C22H24N2O. The smallest absolute Gasteiger partial charge is 0.134 e. The van der Waals surface area contributed by atoms with Crippen molar-refractivity contribution in [3.63, 3.8) is 0 Å². The van der Waals surface area contributed by atoms with Crippen molar-refractivity contribution in [2.75, 3.05) is 13.6 Å². The number of rotatable bonds is 4. The maximum absolute atomic E-state index is 6.07. The molecule has 2 aromatic carbocycles. The van der Waals surface area contributed by atoms with Gasteiger partial charge in [0, 0.05) is 31.3 Å². The van der Waals surface area contributed by atoms with Gasteiger partial charge in [-0.15, -0.1) is 0 Å². The van der Waals surface area contributed by atoms with Crippen molar-refractivity contribution in [3.8, 4) is 0 Å². The molecule has 0 aliphatic carbocycles. The molecular weight excluding hydrogens is 308 g/mol. The summed E-state index contributed by atoms with van der Waals surface area (Å²) in [6, 6.07) is 21.3. The fourth-order valence-corrected chi connectivity index (χ4v) is 3.68. The van der Waals surface area contributed by atoms with Gasteiger partial charge in [0.2, 0.25) is 0 Å². The molecule has 3 aromatic rings. The van der Waals surface area contributed by atoms with Crippen LogP contribution in [0, 0.1) is 0 Å². The predicted molar refractivity (Wildman–Crippen MR) is 103 cm³/mol. The first kappa shape index (κ1) is 15.9. The monoisotopic (exact) mass is 332 g/mol. The minimum Gasteiger partial charge on any atom is -0.461 e. The van der Waals surface area contributed by atoms with E-state index in [1.807, 2.05) is 12.1 Å². The summed E-state index contributed by atoms with van der Waals surface area (Å²) in [5, 5.41) is 1.18. The lowest BCUT2D eigenvalue weighted by atomic mass is 10.0. The predicted octanol–water partition coefficient (Wildman–Crippen LogP) is 4.88. The van der Waals surface area contributed by atoms with Crippen LogP contribution in [0.1, 0.15) is 30.6 Å². The van der Waals surface area contributed by atoms with Gasteiger partial charge < -0.3 is 9.32 Å². The van der Waals surface area contributed by atoms with E-state index in [9.17, 15) is 0 Å². The molecule has 2 unspecified atom stereocenters. The van der Waals surface area contributed by atoms with Crippen LogP contribution in [0.4, 0.5) is 0 Å². The average molecular weight is 332 g/mol. The number of furan rings is 1. The first-order valence-electron chi connectivity index (χ1n) is 8.99. The van der Waals surface area contributed by atoms with Gasteiger partial charge in [0.05, 0.1) is 11.9 Å². The summed E-state index contributed by atoms with van der Waals surface area (Å²) < 4.78 is 6.07. The first-order valence-corrected chi connectivity index (χ1v) is 8.99. The molecule has 1 aromatic heterocycles. The molecule has 0 radical (unpaired) electrons. The highest BCUT2D eigenvalue weighted by Crippen LogP contribution is 2.32. The summed E-state index contributed by atoms with van der Waals surface area (Å²) >= 11 is 0. The van der Waals surface area contributed by atoms with Crippen molar-refractivity contribution < 1.29 is 4.42 Å². The van der Waals surface area contributed by atoms with Crippen molar-refractivity contribution in [1.29, 1.82) is 0 Å². The van der Waals surface area contributed by atoms with Crippen LogP contribution in [-0.4, -0.2) is 30.4 Å². The van der Waals surface area contributed by atoms with E-state index in [1.165, 1.54) is 16.8 Å². The summed E-state index contributed by atoms with van der Waals surface area (Å²) in [6.45, 7) is 3.17. The molecule has 0 amide bonds. The molecule has 1 aliphatic heterocycles. The van der Waals surface area contributed by atoms with Gasteiger partial charge in [-0.05, 0) is 31.0 Å². The van der Waals surface area contributed by atoms with Crippen LogP contribution in [0.3, 0.4) is 0 Å². The molecule has 128 valence electrons. The Morgan fingerprint density at radius 3 is 2.68 bits per heavy atom. The van der Waals surface area contributed by atoms with Crippen LogP contribution in [0.5, 0.6) is 0 Å². The minimum absolute atomic E-state index is 0.286. The van der Waals surface area contributed by atoms with Gasteiger partial charge in [-0.3, -0.25) is 4.99 Å². The van der Waals surface area contributed by atoms with Crippen LogP contribution in [0.2, 0.25) is 0 Å². The molecule has 0 N–H and O–H groups in total. The molecule has 25 heavy (non-hydrogen) atoms. The first-order chi connectivity index (χ1) is 12.2. The lowest BCUT2D eigenvalue weighted by Gasteiger charge is -2.14. The van der Waals surface area contributed by atoms with E-state index in [-0.39, 0.29) is 6.04 Å². The van der Waals surface area contributed by atoms with Gasteiger partial charge in [-0.25, -0.2) is 0 Å². The molecule has 1 saturated heterocycles. The van der Waals surface area contributed by atoms with Crippen LogP contribution < -0.4 is 0 Å². The van der Waals surface area contributed by atoms with E-state index < -0.39 is 0 Å². The number of amidine groups is 1. The lowest BCUT2D eigenvalue weighted by Crippen LogP contribution is -2.21. The Hall–Kier alpha value is -2.55. The molecule has 3 heteroatoms. The number of aliphatic imine (C=N–C) groups is 1. The second kappa shape index (κ2) is 6.75. The molecule has 2 atom stereocenters. The van der Waals surface area contributed by atoms with Crippen LogP contribution in [-0.2, 0) is 6.42 Å². The fourth-order valence-electron chi connectivity index (χ4n) is 3.68. The maximum Gasteiger partial charge on any atom is 0.134 e. The van der Waals surface area contributed by atoms with Crippen LogP contribution in [0.25, 0.3) is 11.0 Å². The molecule has 4 rings (SSSR count). The zero-order valence-corrected chi connectivity index (χ0v) is 14.9. The van der Waals surface area contributed by atoms with Crippen molar-refractivity contribution in [3.05, 3.63) is 72.0 Å². The Kier molecular flexibility index (Phi) is 4.31. The highest BCUT2D eigenvalue weighted by Gasteiger charge is 2.29. The third kappa shape index (κ3) is 3.46. The summed E-state index contributed by atoms with van der Waals surface area (Å²) in [7, 11) is 2.14. The van der Waals surface area contributed by atoms with E-state index in [1.54, 1.807) is 0 Å². The fraction of sp³-hybridized carbons (Fsp3) is 0.318. The Morgan fingerprint density at radius 1 is 1.12 bits per heavy atom. The maximum atomic E-state index is 6.07. The lowest BCUT2D eigenvalue weighted by molar-refractivity contribution is 0.455. The Morgan fingerprint density at radius 2 is 1.88 bits per heavy atom. The molecule has 0 saturated carbocycles. The third-order valence-corrected chi connectivity index (χ3v) is 4.95. The van der Waals surface area contributed by atoms with Crippen molar-refractivity contribution in [2.45, 2.75) is 31.7 Å². The SMILES string of the molecule is CC(Cc1ccccc1)N=C1CC(c2cc3ccccc3o2)CN1C. The standard InChI is InChI=1S/C22H24N2O/c1-16(12-17-8-4-3-5-9-17)23-22-14-19(15-24(22)2)21-13-18-10-6-7-11-20(18)25-21/h3-11,13,16,19H,12,14-15H2,1-2H3. The highest BCUT2D eigenvalue weighted by molar-refractivity contribution is 5.86. The molecule has 1 fully saturated rings. The normalized spacial score (nSPS) is 20.5. The molecule has 0 bridgehead atoms. The van der Waals surface area contributed by atoms with Gasteiger partial charge in [0.25, 0.3) is 0 Å². The second-order valence-electron chi connectivity index (χ2n) is 7.05. The topological polar surface area (TPSA) is 28.7 Å². The van der Waals surface area contributed by atoms with Gasteiger partial charge >= 0.3 is 0 Å². The molecule has 1 aliphatic rings. The van der Waals surface area contributed by atoms with Crippen LogP contribution in [0.15, 0.2) is 70.1 Å². The number of fused-ring (bicyclic) bond motifs is 1. The summed E-state index contributed by atoms with van der Waals surface area (Å²) in [6.07, 6.45) is 1.93. The van der Waals surface area contributed by atoms with Crippen molar-refractivity contribution >= 4 is 16.8 Å². The number of para-hydroxylation sites is 1. The van der Waals surface area contributed by atoms with Crippen molar-refractivity contribution in [2.24, 2.45) is 4.99 Å². The van der Waals surface area contributed by atoms with E-state index in [0.29, 0.717) is 5.92 Å². The highest BCUT2D eigenvalue weighted by atomic mass is 16.3. The van der Waals surface area contributed by atoms with Gasteiger partial charge in [0.1, 0.15) is 11.3 Å². The number of likely N-dealkylation sites (N-methyl/N-ethyl adjacent to an activating group) is 1.